The number of amides is 1. The fourth-order valence-corrected chi connectivity index (χ4v) is 3.17. The smallest absolute Gasteiger partial charge is 0.325 e. The summed E-state index contributed by atoms with van der Waals surface area (Å²) < 4.78 is 40.7. The molecule has 11 heteroatoms. The Morgan fingerprint density at radius 3 is 2.77 bits per heavy atom. The quantitative estimate of drug-likeness (QED) is 0.713. The maximum absolute atomic E-state index is 13.1. The second-order valence-electron chi connectivity index (χ2n) is 5.40. The number of rotatable bonds is 6. The van der Waals surface area contributed by atoms with E-state index in [4.69, 9.17) is 11.6 Å². The van der Waals surface area contributed by atoms with Crippen LogP contribution in [0, 0.1) is 0 Å². The molecule has 1 heterocycles. The molecule has 0 spiro atoms. The van der Waals surface area contributed by atoms with E-state index in [1.165, 1.54) is 17.6 Å². The molecule has 1 aromatic heterocycles. The normalized spacial score (nSPS) is 12.8. The highest BCUT2D eigenvalue weighted by molar-refractivity contribution is 8.00. The molecule has 0 aliphatic carbocycles. The zero-order valence-electron chi connectivity index (χ0n) is 13.9. The van der Waals surface area contributed by atoms with Gasteiger partial charge in [-0.05, 0) is 31.5 Å². The van der Waals surface area contributed by atoms with Crippen molar-refractivity contribution in [3.63, 3.8) is 0 Å². The van der Waals surface area contributed by atoms with Gasteiger partial charge in [0.15, 0.2) is 5.16 Å². The van der Waals surface area contributed by atoms with Crippen LogP contribution in [0.5, 0.6) is 0 Å². The Kier molecular flexibility index (Phi) is 6.40. The van der Waals surface area contributed by atoms with Crippen molar-refractivity contribution in [2.24, 2.45) is 0 Å². The molecule has 0 aliphatic rings. The van der Waals surface area contributed by atoms with Crippen molar-refractivity contribution in [1.29, 1.82) is 0 Å². The summed E-state index contributed by atoms with van der Waals surface area (Å²) in [5.74, 6) is -0.652. The van der Waals surface area contributed by atoms with Crippen LogP contribution in [0.3, 0.4) is 0 Å². The summed E-state index contributed by atoms with van der Waals surface area (Å²) in [6, 6.07) is 3.11. The van der Waals surface area contributed by atoms with E-state index in [2.05, 4.69) is 15.5 Å². The largest absolute Gasteiger partial charge is 0.418 e. The number of H-pyrrole nitrogens is 1. The number of anilines is 1. The van der Waals surface area contributed by atoms with E-state index < -0.39 is 28.6 Å². The van der Waals surface area contributed by atoms with E-state index in [1.54, 1.807) is 0 Å². The van der Waals surface area contributed by atoms with E-state index in [1.807, 2.05) is 6.92 Å². The lowest BCUT2D eigenvalue weighted by Crippen LogP contribution is -2.25. The van der Waals surface area contributed by atoms with Crippen LogP contribution in [0.4, 0.5) is 18.9 Å². The highest BCUT2D eigenvalue weighted by Gasteiger charge is 2.34. The Hall–Kier alpha value is -1.94. The zero-order valence-corrected chi connectivity index (χ0v) is 15.4. The lowest BCUT2D eigenvalue weighted by atomic mass is 10.1. The second kappa shape index (κ2) is 8.17. The number of carbonyl (C=O) groups is 1. The van der Waals surface area contributed by atoms with Crippen molar-refractivity contribution < 1.29 is 18.0 Å². The summed E-state index contributed by atoms with van der Waals surface area (Å²) in [4.78, 5) is 24.0. The molecule has 0 unspecified atom stereocenters. The Labute approximate surface area is 156 Å². The molecule has 0 saturated carbocycles. The minimum Gasteiger partial charge on any atom is -0.325 e. The third kappa shape index (κ3) is 4.82. The first-order valence-electron chi connectivity index (χ1n) is 7.63. The van der Waals surface area contributed by atoms with Gasteiger partial charge < -0.3 is 5.32 Å². The van der Waals surface area contributed by atoms with Gasteiger partial charge in [-0.25, -0.2) is 9.89 Å². The number of nitrogens with zero attached hydrogens (tertiary/aromatic N) is 2. The highest BCUT2D eigenvalue weighted by Crippen LogP contribution is 2.36. The number of thioether (sulfide) groups is 1. The fourth-order valence-electron chi connectivity index (χ4n) is 2.12. The molecule has 1 atom stereocenters. The molecule has 0 bridgehead atoms. The molecule has 0 radical (unpaired) electrons. The molecule has 0 saturated heterocycles. The SMILES string of the molecule is CCCn1c(S[C@H](C)C(=O)Nc2ccc(Cl)cc2C(F)(F)F)n[nH]c1=O. The molecular formula is C15H16ClF3N4O2S. The monoisotopic (exact) mass is 408 g/mol. The van der Waals surface area contributed by atoms with Crippen LogP contribution in [0.2, 0.25) is 5.02 Å². The van der Waals surface area contributed by atoms with Crippen LogP contribution < -0.4 is 11.0 Å². The van der Waals surface area contributed by atoms with Crippen LogP contribution in [-0.4, -0.2) is 25.9 Å². The predicted octanol–water partition coefficient (Wildman–Crippen LogP) is 3.77. The fraction of sp³-hybridized carbons (Fsp3) is 0.400. The second-order valence-corrected chi connectivity index (χ2v) is 7.14. The van der Waals surface area contributed by atoms with Crippen LogP contribution >= 0.6 is 23.4 Å². The molecule has 142 valence electrons. The van der Waals surface area contributed by atoms with Crippen molar-refractivity contribution >= 4 is 35.0 Å². The Morgan fingerprint density at radius 2 is 2.15 bits per heavy atom. The Balaban J connectivity index is 2.17. The summed E-state index contributed by atoms with van der Waals surface area (Å²) in [7, 11) is 0. The first-order valence-corrected chi connectivity index (χ1v) is 8.88. The zero-order chi connectivity index (χ0) is 19.5. The molecule has 0 fully saturated rings. The molecule has 1 amide bonds. The van der Waals surface area contributed by atoms with E-state index in [0.29, 0.717) is 18.1 Å². The number of carbonyl (C=O) groups excluding carboxylic acids is 1. The summed E-state index contributed by atoms with van der Waals surface area (Å²) in [5.41, 5.74) is -1.82. The number of aromatic nitrogens is 3. The lowest BCUT2D eigenvalue weighted by molar-refractivity contribution is -0.137. The van der Waals surface area contributed by atoms with Crippen molar-refractivity contribution in [2.45, 2.75) is 43.4 Å². The average molecular weight is 409 g/mol. The number of alkyl halides is 3. The third-order valence-corrected chi connectivity index (χ3v) is 4.69. The van der Waals surface area contributed by atoms with Crippen LogP contribution in [0.15, 0.2) is 28.2 Å². The van der Waals surface area contributed by atoms with Crippen molar-refractivity contribution in [2.75, 3.05) is 5.32 Å². The Bertz CT molecular complexity index is 850. The van der Waals surface area contributed by atoms with Gasteiger partial charge in [-0.1, -0.05) is 30.3 Å². The van der Waals surface area contributed by atoms with Gasteiger partial charge in [0.2, 0.25) is 5.91 Å². The average Bonchev–Trinajstić information content (AvgIpc) is 2.89. The van der Waals surface area contributed by atoms with Gasteiger partial charge in [-0.15, -0.1) is 5.10 Å². The molecule has 2 N–H and O–H groups in total. The minimum absolute atomic E-state index is 0.0853. The topological polar surface area (TPSA) is 79.8 Å². The van der Waals surface area contributed by atoms with Gasteiger partial charge in [0.25, 0.3) is 0 Å². The van der Waals surface area contributed by atoms with E-state index in [0.717, 1.165) is 23.9 Å². The summed E-state index contributed by atoms with van der Waals surface area (Å²) in [6.45, 7) is 3.81. The number of hydrogen-bond acceptors (Lipinski definition) is 4. The minimum atomic E-state index is -4.66. The maximum Gasteiger partial charge on any atom is 0.418 e. The van der Waals surface area contributed by atoms with Gasteiger partial charge in [0.1, 0.15) is 0 Å². The van der Waals surface area contributed by atoms with Crippen molar-refractivity contribution in [3.05, 3.63) is 39.3 Å². The van der Waals surface area contributed by atoms with Crippen LogP contribution in [0.25, 0.3) is 0 Å². The van der Waals surface area contributed by atoms with E-state index in [9.17, 15) is 22.8 Å². The molecular weight excluding hydrogens is 393 g/mol. The molecule has 6 nitrogen and oxygen atoms in total. The number of nitrogens with one attached hydrogen (secondary N) is 2. The van der Waals surface area contributed by atoms with E-state index >= 15 is 0 Å². The van der Waals surface area contributed by atoms with Gasteiger partial charge in [0.05, 0.1) is 16.5 Å². The van der Waals surface area contributed by atoms with Gasteiger partial charge >= 0.3 is 11.9 Å². The molecule has 2 aromatic rings. The summed E-state index contributed by atoms with van der Waals surface area (Å²) >= 11 is 6.59. The number of hydrogen-bond donors (Lipinski definition) is 2. The van der Waals surface area contributed by atoms with E-state index in [-0.39, 0.29) is 10.7 Å². The third-order valence-electron chi connectivity index (χ3n) is 3.37. The Morgan fingerprint density at radius 1 is 1.46 bits per heavy atom. The molecule has 0 aliphatic heterocycles. The van der Waals surface area contributed by atoms with Gasteiger partial charge in [-0.2, -0.15) is 13.2 Å². The first-order chi connectivity index (χ1) is 12.1. The lowest BCUT2D eigenvalue weighted by Gasteiger charge is -2.16. The van der Waals surface area contributed by atoms with Crippen molar-refractivity contribution in [1.82, 2.24) is 14.8 Å². The van der Waals surface area contributed by atoms with Crippen molar-refractivity contribution in [3.8, 4) is 0 Å². The standard InChI is InChI=1S/C15H16ClF3N4O2S/c1-3-6-23-13(25)21-22-14(23)26-8(2)12(24)20-11-5-4-9(16)7-10(11)15(17,18)19/h4-5,7-8H,3,6H2,1-2H3,(H,20,24)(H,21,25)/t8-/m1/s1. The molecule has 2 rings (SSSR count). The van der Waals surface area contributed by atoms with Crippen LogP contribution in [0.1, 0.15) is 25.8 Å². The van der Waals surface area contributed by atoms with Crippen LogP contribution in [-0.2, 0) is 17.5 Å². The van der Waals surface area contributed by atoms with Gasteiger partial charge in [0, 0.05) is 11.6 Å². The summed E-state index contributed by atoms with van der Waals surface area (Å²) in [6.07, 6.45) is -3.97. The number of benzene rings is 1. The number of halogens is 4. The van der Waals surface area contributed by atoms with Gasteiger partial charge in [-0.3, -0.25) is 9.36 Å². The molecule has 26 heavy (non-hydrogen) atoms. The highest BCUT2D eigenvalue weighted by atomic mass is 35.5. The number of aromatic amines is 1. The summed E-state index contributed by atoms with van der Waals surface area (Å²) in [5, 5.41) is 7.83. The molecule has 1 aromatic carbocycles. The first kappa shape index (κ1) is 20.4. The maximum atomic E-state index is 13.1. The predicted molar refractivity (Wildman–Crippen MR) is 93.5 cm³/mol.